The fraction of sp³-hybridized carbons (Fsp3) is 0. The molecule has 7 aromatic carbocycles. The van der Waals surface area contributed by atoms with Gasteiger partial charge in [-0.2, -0.15) is 0 Å². The molecule has 0 amide bonds. The number of rotatable bonds is 1. The highest BCUT2D eigenvalue weighted by Crippen LogP contribution is 2.48. The first-order valence-corrected chi connectivity index (χ1v) is 16.7. The molecule has 2 aliphatic heterocycles. The molecule has 0 aliphatic carbocycles. The minimum Gasteiger partial charge on any atom is -0.376 e. The van der Waals surface area contributed by atoms with E-state index < -0.39 is 0 Å². The Morgan fingerprint density at radius 3 is 1.96 bits per heavy atom. The van der Waals surface area contributed by atoms with Gasteiger partial charge in [-0.25, -0.2) is 0 Å². The number of fused-ring (bicyclic) bond motifs is 18. The quantitative estimate of drug-likeness (QED) is 0.170. The number of hydrogen-bond donors (Lipinski definition) is 0. The summed E-state index contributed by atoms with van der Waals surface area (Å²) < 4.78 is 5.09. The maximum Gasteiger partial charge on any atom is 0.330 e. The van der Waals surface area contributed by atoms with Crippen LogP contribution in [0.2, 0.25) is 0 Å². The molecule has 0 saturated heterocycles. The first-order chi connectivity index (χ1) is 22.8. The van der Waals surface area contributed by atoms with Gasteiger partial charge < -0.3 is 9.38 Å². The van der Waals surface area contributed by atoms with E-state index in [1.54, 1.807) is 0 Å². The number of thiophene rings is 1. The first kappa shape index (κ1) is 24.7. The van der Waals surface area contributed by atoms with Crippen LogP contribution in [-0.4, -0.2) is 11.4 Å². The van der Waals surface area contributed by atoms with Gasteiger partial charge in [0.2, 0.25) is 0 Å². The molecule has 2 aliphatic rings. The topological polar surface area (TPSA) is 8.17 Å². The summed E-state index contributed by atoms with van der Waals surface area (Å²) in [5.41, 5.74) is 14.3. The number of hydrogen-bond acceptors (Lipinski definition) is 2. The summed E-state index contributed by atoms with van der Waals surface area (Å²) >= 11 is 1.92. The van der Waals surface area contributed by atoms with Crippen LogP contribution in [-0.2, 0) is 0 Å². The van der Waals surface area contributed by atoms with Gasteiger partial charge >= 0.3 is 6.85 Å². The summed E-state index contributed by atoms with van der Waals surface area (Å²) in [7, 11) is 0. The Bertz CT molecular complexity index is 2720. The van der Waals surface area contributed by atoms with E-state index in [0.717, 1.165) is 0 Å². The smallest absolute Gasteiger partial charge is 0.330 e. The molecule has 0 saturated carbocycles. The third-order valence-corrected chi connectivity index (χ3v) is 11.3. The van der Waals surface area contributed by atoms with Crippen LogP contribution < -0.4 is 15.7 Å². The van der Waals surface area contributed by atoms with Gasteiger partial charge in [0.05, 0.1) is 11.0 Å². The van der Waals surface area contributed by atoms with Gasteiger partial charge in [-0.05, 0) is 76.0 Å². The number of aromatic nitrogens is 1. The van der Waals surface area contributed by atoms with E-state index in [0.29, 0.717) is 0 Å². The Morgan fingerprint density at radius 2 is 1.13 bits per heavy atom. The minimum absolute atomic E-state index is 0.0684. The Balaban J connectivity index is 1.29. The predicted octanol–water partition coefficient (Wildman–Crippen LogP) is 10.1. The fourth-order valence-corrected chi connectivity index (χ4v) is 9.50. The second-order valence-electron chi connectivity index (χ2n) is 12.4. The van der Waals surface area contributed by atoms with Crippen LogP contribution in [0.5, 0.6) is 0 Å². The van der Waals surface area contributed by atoms with Gasteiger partial charge in [0.15, 0.2) is 0 Å². The van der Waals surface area contributed by atoms with Crippen LogP contribution in [0.3, 0.4) is 0 Å². The maximum atomic E-state index is 2.61. The molecule has 2 aromatic heterocycles. The molecular formula is C42H25BN2S. The van der Waals surface area contributed by atoms with Gasteiger partial charge in [-0.1, -0.05) is 103 Å². The van der Waals surface area contributed by atoms with Crippen molar-refractivity contribution in [1.29, 1.82) is 0 Å². The maximum absolute atomic E-state index is 2.61. The standard InChI is InChI=1S/C42H25BN2S/c1-2-12-26(13-3-1)44-35-19-9-5-17-30(35)32-24-33-40(25-38(32)44)46-39-23-22-31-29-16-7-11-21-37(29)45-36-20-10-6-15-28(36)27-14-4-8-18-34(27)43(45)42(31)41(33)39/h1-25H. The molecule has 2 nitrogen and oxygen atoms in total. The van der Waals surface area contributed by atoms with E-state index in [2.05, 4.69) is 161 Å². The van der Waals surface area contributed by atoms with E-state index in [-0.39, 0.29) is 6.85 Å². The fourth-order valence-electron chi connectivity index (χ4n) is 8.37. The SMILES string of the molecule is c1ccc(-n2c3ccccc3c3cc4c(cc32)sc2ccc3c(c24)B2c4ccccc4-c4ccccc4N2c2ccccc2-3)cc1. The van der Waals surface area contributed by atoms with E-state index in [1.807, 2.05) is 11.3 Å². The molecule has 0 spiro atoms. The number of benzene rings is 7. The predicted molar refractivity (Wildman–Crippen MR) is 198 cm³/mol. The second kappa shape index (κ2) is 9.00. The third kappa shape index (κ3) is 3.12. The van der Waals surface area contributed by atoms with E-state index >= 15 is 0 Å². The molecule has 0 unspecified atom stereocenters. The molecule has 4 heterocycles. The van der Waals surface area contributed by atoms with Gasteiger partial charge in [0, 0.05) is 53.7 Å². The largest absolute Gasteiger partial charge is 0.376 e. The van der Waals surface area contributed by atoms with Crippen molar-refractivity contribution in [3.05, 3.63) is 152 Å². The molecule has 46 heavy (non-hydrogen) atoms. The molecule has 0 bridgehead atoms. The second-order valence-corrected chi connectivity index (χ2v) is 13.5. The highest BCUT2D eigenvalue weighted by atomic mass is 32.1. The Kier molecular flexibility index (Phi) is 4.83. The van der Waals surface area contributed by atoms with Crippen LogP contribution in [0, 0.1) is 0 Å². The summed E-state index contributed by atoms with van der Waals surface area (Å²) in [4.78, 5) is 2.61. The molecule has 0 radical (unpaired) electrons. The zero-order valence-electron chi connectivity index (χ0n) is 24.8. The van der Waals surface area contributed by atoms with Crippen molar-refractivity contribution in [2.45, 2.75) is 0 Å². The molecule has 0 fully saturated rings. The van der Waals surface area contributed by atoms with Crippen molar-refractivity contribution in [2.75, 3.05) is 4.81 Å². The average molecular weight is 601 g/mol. The molecule has 0 N–H and O–H groups in total. The van der Waals surface area contributed by atoms with E-state index in [4.69, 9.17) is 0 Å². The van der Waals surface area contributed by atoms with Gasteiger partial charge in [0.1, 0.15) is 0 Å². The van der Waals surface area contributed by atoms with Crippen LogP contribution in [0.15, 0.2) is 152 Å². The number of nitrogens with zero attached hydrogens (tertiary/aromatic N) is 2. The molecule has 9 aromatic rings. The lowest BCUT2D eigenvalue weighted by molar-refractivity contribution is 1.18. The van der Waals surface area contributed by atoms with Crippen LogP contribution in [0.4, 0.5) is 11.4 Å². The summed E-state index contributed by atoms with van der Waals surface area (Å²) in [6.07, 6.45) is 0. The lowest BCUT2D eigenvalue weighted by Crippen LogP contribution is -2.59. The van der Waals surface area contributed by atoms with E-state index in [1.165, 1.54) is 92.2 Å². The Morgan fingerprint density at radius 1 is 0.457 bits per heavy atom. The average Bonchev–Trinajstić information content (AvgIpc) is 3.65. The molecular weight excluding hydrogens is 575 g/mol. The highest BCUT2D eigenvalue weighted by molar-refractivity contribution is 7.26. The van der Waals surface area contributed by atoms with Crippen molar-refractivity contribution in [2.24, 2.45) is 0 Å². The molecule has 212 valence electrons. The summed E-state index contributed by atoms with van der Waals surface area (Å²) in [5.74, 6) is 0. The molecule has 4 heteroatoms. The van der Waals surface area contributed by atoms with Crippen molar-refractivity contribution in [3.8, 4) is 27.9 Å². The summed E-state index contributed by atoms with van der Waals surface area (Å²) in [6.45, 7) is 0.0684. The van der Waals surface area contributed by atoms with Crippen molar-refractivity contribution in [1.82, 2.24) is 4.57 Å². The normalized spacial score (nSPS) is 13.1. The van der Waals surface area contributed by atoms with Gasteiger partial charge in [0.25, 0.3) is 0 Å². The number of anilines is 2. The van der Waals surface area contributed by atoms with Crippen molar-refractivity contribution < 1.29 is 0 Å². The van der Waals surface area contributed by atoms with E-state index in [9.17, 15) is 0 Å². The minimum atomic E-state index is 0.0684. The molecule has 0 atom stereocenters. The van der Waals surface area contributed by atoms with Crippen LogP contribution >= 0.6 is 11.3 Å². The van der Waals surface area contributed by atoms with Crippen molar-refractivity contribution >= 4 is 82.5 Å². The zero-order valence-corrected chi connectivity index (χ0v) is 25.6. The van der Waals surface area contributed by atoms with Crippen molar-refractivity contribution in [3.63, 3.8) is 0 Å². The summed E-state index contributed by atoms with van der Waals surface area (Å²) in [5, 5.41) is 5.31. The Labute approximate surface area is 270 Å². The first-order valence-electron chi connectivity index (χ1n) is 15.9. The van der Waals surface area contributed by atoms with Crippen LogP contribution in [0.25, 0.3) is 69.9 Å². The third-order valence-electron chi connectivity index (χ3n) is 10.2. The summed E-state index contributed by atoms with van der Waals surface area (Å²) in [6, 6.07) is 56.2. The molecule has 11 rings (SSSR count). The monoisotopic (exact) mass is 600 g/mol. The van der Waals surface area contributed by atoms with Gasteiger partial charge in [-0.15, -0.1) is 11.3 Å². The Hall–Kier alpha value is -5.58. The lowest BCUT2D eigenvalue weighted by atomic mass is 9.42. The number of para-hydroxylation sites is 4. The lowest BCUT2D eigenvalue weighted by Gasteiger charge is -2.43. The highest BCUT2D eigenvalue weighted by Gasteiger charge is 2.43. The zero-order chi connectivity index (χ0) is 29.9. The van der Waals surface area contributed by atoms with Crippen LogP contribution in [0.1, 0.15) is 0 Å². The van der Waals surface area contributed by atoms with Gasteiger partial charge in [-0.3, -0.25) is 0 Å².